The molecule has 2 unspecified atom stereocenters. The molecule has 2 rings (SSSR count). The maximum Gasteiger partial charge on any atom is 0.308 e. The predicted molar refractivity (Wildman–Crippen MR) is 67.3 cm³/mol. The van der Waals surface area contributed by atoms with E-state index in [0.29, 0.717) is 25.7 Å². The molecule has 0 radical (unpaired) electrons. The Kier molecular flexibility index (Phi) is 4.39. The Morgan fingerprint density at radius 3 is 2.53 bits per heavy atom. The molecule has 1 aliphatic carbocycles. The number of carboxylic acid groups (broad SMARTS) is 1. The summed E-state index contributed by atoms with van der Waals surface area (Å²) < 4.78 is 0. The Balaban J connectivity index is 1.96. The molecule has 2 fully saturated rings. The molecule has 19 heavy (non-hydrogen) atoms. The summed E-state index contributed by atoms with van der Waals surface area (Å²) in [5, 5.41) is 14.7. The zero-order valence-electron chi connectivity index (χ0n) is 10.9. The lowest BCUT2D eigenvalue weighted by Crippen LogP contribution is -2.49. The average Bonchev–Trinajstić information content (AvgIpc) is 2.65. The molecule has 6 nitrogen and oxygen atoms in total. The van der Waals surface area contributed by atoms with Crippen molar-refractivity contribution in [3.05, 3.63) is 0 Å². The van der Waals surface area contributed by atoms with Crippen LogP contribution in [0.15, 0.2) is 0 Å². The zero-order valence-corrected chi connectivity index (χ0v) is 10.9. The number of aliphatic carboxylic acids is 1. The molecular weight excluding hydrogens is 248 g/mol. The summed E-state index contributed by atoms with van der Waals surface area (Å²) in [5.74, 6) is -1.72. The predicted octanol–water partition coefficient (Wildman–Crippen LogP) is 0.415. The van der Waals surface area contributed by atoms with Crippen molar-refractivity contribution in [1.29, 1.82) is 0 Å². The van der Waals surface area contributed by atoms with Crippen LogP contribution < -0.4 is 10.6 Å². The Labute approximate surface area is 111 Å². The van der Waals surface area contributed by atoms with Crippen LogP contribution in [-0.2, 0) is 14.4 Å². The van der Waals surface area contributed by atoms with Gasteiger partial charge in [-0.2, -0.15) is 0 Å². The number of carboxylic acids is 1. The fourth-order valence-electron chi connectivity index (χ4n) is 2.87. The van der Waals surface area contributed by atoms with Gasteiger partial charge in [-0.3, -0.25) is 14.4 Å². The molecule has 1 saturated heterocycles. The van der Waals surface area contributed by atoms with Crippen molar-refractivity contribution in [3.63, 3.8) is 0 Å². The Morgan fingerprint density at radius 2 is 1.89 bits per heavy atom. The molecular formula is C13H20N2O4. The lowest BCUT2D eigenvalue weighted by atomic mass is 9.94. The number of nitrogens with one attached hydrogen (secondary N) is 2. The van der Waals surface area contributed by atoms with Gasteiger partial charge in [-0.15, -0.1) is 0 Å². The summed E-state index contributed by atoms with van der Waals surface area (Å²) in [7, 11) is 0. The van der Waals surface area contributed by atoms with Crippen molar-refractivity contribution >= 4 is 17.8 Å². The summed E-state index contributed by atoms with van der Waals surface area (Å²) >= 11 is 0. The maximum absolute atomic E-state index is 12.0. The summed E-state index contributed by atoms with van der Waals surface area (Å²) in [4.78, 5) is 34.4. The number of rotatable bonds is 3. The summed E-state index contributed by atoms with van der Waals surface area (Å²) in [6.45, 7) is 0. The number of carbonyl (C=O) groups excluding carboxylic acids is 2. The van der Waals surface area contributed by atoms with Gasteiger partial charge < -0.3 is 15.7 Å². The van der Waals surface area contributed by atoms with Crippen LogP contribution in [0.5, 0.6) is 0 Å². The van der Waals surface area contributed by atoms with E-state index in [2.05, 4.69) is 10.6 Å². The molecule has 2 aliphatic rings. The fraction of sp³-hybridized carbons (Fsp3) is 0.769. The summed E-state index contributed by atoms with van der Waals surface area (Å²) in [6.07, 6.45) is 5.01. The molecule has 0 spiro atoms. The Bertz CT molecular complexity index is 383. The van der Waals surface area contributed by atoms with Crippen molar-refractivity contribution < 1.29 is 19.5 Å². The molecule has 0 aromatic heterocycles. The van der Waals surface area contributed by atoms with Crippen LogP contribution in [0.2, 0.25) is 0 Å². The van der Waals surface area contributed by atoms with Crippen LogP contribution in [0.1, 0.15) is 44.9 Å². The van der Waals surface area contributed by atoms with Crippen molar-refractivity contribution in [2.24, 2.45) is 5.92 Å². The van der Waals surface area contributed by atoms with E-state index in [1.165, 1.54) is 0 Å². The lowest BCUT2D eigenvalue weighted by molar-refractivity contribution is -0.143. The minimum absolute atomic E-state index is 0.115. The van der Waals surface area contributed by atoms with Crippen LogP contribution in [0.25, 0.3) is 0 Å². The van der Waals surface area contributed by atoms with E-state index >= 15 is 0 Å². The largest absolute Gasteiger partial charge is 0.481 e. The van der Waals surface area contributed by atoms with Gasteiger partial charge in [0, 0.05) is 12.5 Å². The van der Waals surface area contributed by atoms with Crippen molar-refractivity contribution in [3.8, 4) is 0 Å². The van der Waals surface area contributed by atoms with Crippen LogP contribution >= 0.6 is 0 Å². The third-order valence-corrected chi connectivity index (χ3v) is 3.97. The van der Waals surface area contributed by atoms with Gasteiger partial charge in [0.25, 0.3) is 0 Å². The van der Waals surface area contributed by atoms with Gasteiger partial charge in [-0.25, -0.2) is 0 Å². The van der Waals surface area contributed by atoms with Crippen LogP contribution in [-0.4, -0.2) is 35.0 Å². The fourth-order valence-corrected chi connectivity index (χ4v) is 2.87. The van der Waals surface area contributed by atoms with E-state index < -0.39 is 17.9 Å². The first-order valence-electron chi connectivity index (χ1n) is 6.90. The average molecular weight is 268 g/mol. The Hall–Kier alpha value is -1.59. The van der Waals surface area contributed by atoms with E-state index in [0.717, 1.165) is 19.3 Å². The molecule has 1 aliphatic heterocycles. The van der Waals surface area contributed by atoms with E-state index in [-0.39, 0.29) is 17.9 Å². The lowest BCUT2D eigenvalue weighted by Gasteiger charge is -2.24. The molecule has 2 amide bonds. The minimum Gasteiger partial charge on any atom is -0.481 e. The van der Waals surface area contributed by atoms with Gasteiger partial charge in [0.2, 0.25) is 11.8 Å². The molecule has 3 atom stereocenters. The van der Waals surface area contributed by atoms with E-state index in [4.69, 9.17) is 0 Å². The molecule has 0 bridgehead atoms. The molecule has 0 aromatic rings. The number of hydrogen-bond acceptors (Lipinski definition) is 3. The standard InChI is InChI=1S/C13H20N2O4/c16-11-7-6-10(14-11)12(17)15-9-5-3-1-2-4-8(9)13(18)19/h8-10H,1-7H2,(H,14,16)(H,15,17)(H,18,19)/t8?,9?,10-/m0/s1. The highest BCUT2D eigenvalue weighted by molar-refractivity contribution is 5.91. The molecule has 1 saturated carbocycles. The number of amides is 2. The highest BCUT2D eigenvalue weighted by Crippen LogP contribution is 2.24. The first-order valence-corrected chi connectivity index (χ1v) is 6.90. The molecule has 1 heterocycles. The maximum atomic E-state index is 12.0. The second-order valence-corrected chi connectivity index (χ2v) is 5.36. The van der Waals surface area contributed by atoms with Gasteiger partial charge in [0.1, 0.15) is 6.04 Å². The second-order valence-electron chi connectivity index (χ2n) is 5.36. The Morgan fingerprint density at radius 1 is 1.16 bits per heavy atom. The van der Waals surface area contributed by atoms with E-state index in [9.17, 15) is 19.5 Å². The normalized spacial score (nSPS) is 31.4. The van der Waals surface area contributed by atoms with Crippen molar-refractivity contribution in [1.82, 2.24) is 10.6 Å². The van der Waals surface area contributed by atoms with E-state index in [1.54, 1.807) is 0 Å². The third kappa shape index (κ3) is 3.45. The minimum atomic E-state index is -0.845. The van der Waals surface area contributed by atoms with Crippen LogP contribution in [0.3, 0.4) is 0 Å². The van der Waals surface area contributed by atoms with Gasteiger partial charge in [-0.1, -0.05) is 19.3 Å². The first kappa shape index (κ1) is 13.8. The molecule has 0 aromatic carbocycles. The zero-order chi connectivity index (χ0) is 13.8. The van der Waals surface area contributed by atoms with Gasteiger partial charge in [-0.05, 0) is 19.3 Å². The van der Waals surface area contributed by atoms with Crippen molar-refractivity contribution in [2.75, 3.05) is 0 Å². The molecule has 6 heteroatoms. The summed E-state index contributed by atoms with van der Waals surface area (Å²) in [5.41, 5.74) is 0. The highest BCUT2D eigenvalue weighted by atomic mass is 16.4. The van der Waals surface area contributed by atoms with Gasteiger partial charge >= 0.3 is 5.97 Å². The van der Waals surface area contributed by atoms with Gasteiger partial charge in [0.15, 0.2) is 0 Å². The smallest absolute Gasteiger partial charge is 0.308 e. The summed E-state index contributed by atoms with van der Waals surface area (Å²) in [6, 6.07) is -0.810. The van der Waals surface area contributed by atoms with Crippen LogP contribution in [0, 0.1) is 5.92 Å². The molecule has 106 valence electrons. The van der Waals surface area contributed by atoms with Crippen LogP contribution in [0.4, 0.5) is 0 Å². The van der Waals surface area contributed by atoms with Crippen molar-refractivity contribution in [2.45, 2.75) is 57.0 Å². The van der Waals surface area contributed by atoms with E-state index in [1.807, 2.05) is 0 Å². The monoisotopic (exact) mass is 268 g/mol. The van der Waals surface area contributed by atoms with Gasteiger partial charge in [0.05, 0.1) is 5.92 Å². The topological polar surface area (TPSA) is 95.5 Å². The highest BCUT2D eigenvalue weighted by Gasteiger charge is 2.34. The number of hydrogen-bond donors (Lipinski definition) is 3. The quantitative estimate of drug-likeness (QED) is 0.646. The molecule has 3 N–H and O–H groups in total. The second kappa shape index (κ2) is 6.04. The first-order chi connectivity index (χ1) is 9.08. The SMILES string of the molecule is O=C1CC[C@@H](C(=O)NC2CCCCCC2C(=O)O)N1. The number of carbonyl (C=O) groups is 3. The third-order valence-electron chi connectivity index (χ3n) is 3.97.